The first-order valence-electron chi connectivity index (χ1n) is 7.04. The predicted octanol–water partition coefficient (Wildman–Crippen LogP) is 3.27. The summed E-state index contributed by atoms with van der Waals surface area (Å²) in [6, 6.07) is 9.19. The molecular weight excluding hydrogens is 254 g/mol. The Morgan fingerprint density at radius 1 is 1.37 bits per heavy atom. The van der Waals surface area contributed by atoms with Gasteiger partial charge < -0.3 is 9.30 Å². The van der Waals surface area contributed by atoms with Gasteiger partial charge >= 0.3 is 5.97 Å². The third-order valence-corrected chi connectivity index (χ3v) is 7.62. The Bertz CT molecular complexity index is 459. The SMILES string of the molecule is CCOC(=O)c1ccccc1CN1CCC[Si]1(C)C. The standard InChI is InChI=1S/C15H23NO2Si/c1-4-18-15(17)14-9-6-5-8-13(14)12-16-10-7-11-19(16,2)3/h5-6,8-9H,4,7,10-12H2,1-3H3. The molecule has 104 valence electrons. The van der Waals surface area contributed by atoms with Gasteiger partial charge in [-0.25, -0.2) is 4.79 Å². The number of carbonyl (C=O) groups is 1. The fourth-order valence-corrected chi connectivity index (χ4v) is 5.43. The summed E-state index contributed by atoms with van der Waals surface area (Å²) in [5.41, 5.74) is 1.82. The van der Waals surface area contributed by atoms with Crippen LogP contribution in [-0.2, 0) is 11.3 Å². The van der Waals surface area contributed by atoms with Crippen LogP contribution in [0.3, 0.4) is 0 Å². The topological polar surface area (TPSA) is 29.5 Å². The number of hydrogen-bond acceptors (Lipinski definition) is 3. The number of benzene rings is 1. The summed E-state index contributed by atoms with van der Waals surface area (Å²) in [4.78, 5) is 12.0. The monoisotopic (exact) mass is 277 g/mol. The predicted molar refractivity (Wildman–Crippen MR) is 79.7 cm³/mol. The van der Waals surface area contributed by atoms with Crippen LogP contribution in [0, 0.1) is 0 Å². The molecule has 3 nitrogen and oxygen atoms in total. The van der Waals surface area contributed by atoms with Crippen molar-refractivity contribution in [3.63, 3.8) is 0 Å². The van der Waals surface area contributed by atoms with Crippen molar-refractivity contribution in [3.05, 3.63) is 35.4 Å². The molecule has 0 saturated carbocycles. The van der Waals surface area contributed by atoms with Crippen LogP contribution in [-0.4, -0.2) is 31.9 Å². The van der Waals surface area contributed by atoms with E-state index in [1.54, 1.807) is 0 Å². The molecule has 0 unspecified atom stereocenters. The average Bonchev–Trinajstić information content (AvgIpc) is 2.70. The molecule has 0 spiro atoms. The quantitative estimate of drug-likeness (QED) is 0.625. The lowest BCUT2D eigenvalue weighted by Crippen LogP contribution is -2.42. The molecule has 1 aliphatic heterocycles. The smallest absolute Gasteiger partial charge is 0.338 e. The Balaban J connectivity index is 2.18. The zero-order chi connectivity index (χ0) is 13.9. The molecule has 0 amide bonds. The van der Waals surface area contributed by atoms with Crippen LogP contribution in [0.2, 0.25) is 19.1 Å². The number of esters is 1. The highest BCUT2D eigenvalue weighted by atomic mass is 28.3. The van der Waals surface area contributed by atoms with Crippen LogP contribution < -0.4 is 0 Å². The fourth-order valence-electron chi connectivity index (χ4n) is 2.73. The van der Waals surface area contributed by atoms with Crippen molar-refractivity contribution in [2.45, 2.75) is 39.0 Å². The zero-order valence-electron chi connectivity index (χ0n) is 12.1. The average molecular weight is 277 g/mol. The minimum absolute atomic E-state index is 0.197. The van der Waals surface area contributed by atoms with Crippen molar-refractivity contribution in [3.8, 4) is 0 Å². The fraction of sp³-hybridized carbons (Fsp3) is 0.533. The van der Waals surface area contributed by atoms with Gasteiger partial charge in [0.05, 0.1) is 12.2 Å². The van der Waals surface area contributed by atoms with E-state index in [-0.39, 0.29) is 5.97 Å². The number of rotatable bonds is 4. The van der Waals surface area contributed by atoms with Gasteiger partial charge in [-0.05, 0) is 37.6 Å². The molecule has 0 atom stereocenters. The van der Waals surface area contributed by atoms with Gasteiger partial charge in [0.2, 0.25) is 0 Å². The molecule has 19 heavy (non-hydrogen) atoms. The van der Waals surface area contributed by atoms with Crippen molar-refractivity contribution in [1.29, 1.82) is 0 Å². The first kappa shape index (κ1) is 14.3. The van der Waals surface area contributed by atoms with E-state index in [1.807, 2.05) is 25.1 Å². The summed E-state index contributed by atoms with van der Waals surface area (Å²) in [5.74, 6) is -0.197. The largest absolute Gasteiger partial charge is 0.462 e. The number of ether oxygens (including phenoxy) is 1. The van der Waals surface area contributed by atoms with Crippen molar-refractivity contribution in [2.24, 2.45) is 0 Å². The van der Waals surface area contributed by atoms with Gasteiger partial charge in [0.15, 0.2) is 0 Å². The van der Waals surface area contributed by atoms with Gasteiger partial charge in [-0.2, -0.15) is 0 Å². The zero-order valence-corrected chi connectivity index (χ0v) is 13.1. The summed E-state index contributed by atoms with van der Waals surface area (Å²) in [6.07, 6.45) is 1.29. The van der Waals surface area contributed by atoms with Crippen molar-refractivity contribution in [2.75, 3.05) is 13.2 Å². The second kappa shape index (κ2) is 5.88. The molecule has 0 radical (unpaired) electrons. The summed E-state index contributed by atoms with van der Waals surface area (Å²) in [5, 5.41) is 0. The van der Waals surface area contributed by atoms with Crippen molar-refractivity contribution < 1.29 is 9.53 Å². The molecule has 4 heteroatoms. The molecule has 0 aliphatic carbocycles. The van der Waals surface area contributed by atoms with E-state index in [9.17, 15) is 4.79 Å². The van der Waals surface area contributed by atoms with Crippen LogP contribution in [0.5, 0.6) is 0 Å². The number of hydrogen-bond donors (Lipinski definition) is 0. The van der Waals surface area contributed by atoms with Gasteiger partial charge in [-0.1, -0.05) is 31.3 Å². The van der Waals surface area contributed by atoms with E-state index in [1.165, 1.54) is 12.5 Å². The van der Waals surface area contributed by atoms with E-state index in [2.05, 4.69) is 23.7 Å². The molecule has 2 rings (SSSR count). The number of carbonyl (C=O) groups excluding carboxylic acids is 1. The lowest BCUT2D eigenvalue weighted by atomic mass is 10.1. The molecule has 1 heterocycles. The molecule has 0 aromatic heterocycles. The molecule has 1 aromatic carbocycles. The Hall–Kier alpha value is -1.13. The summed E-state index contributed by atoms with van der Waals surface area (Å²) in [6.45, 7) is 9.14. The maximum Gasteiger partial charge on any atom is 0.338 e. The van der Waals surface area contributed by atoms with Gasteiger partial charge in [0.25, 0.3) is 0 Å². The lowest BCUT2D eigenvalue weighted by Gasteiger charge is -2.30. The minimum atomic E-state index is -1.25. The maximum atomic E-state index is 12.0. The molecule has 1 fully saturated rings. The normalized spacial score (nSPS) is 18.5. The van der Waals surface area contributed by atoms with E-state index in [0.29, 0.717) is 6.61 Å². The van der Waals surface area contributed by atoms with Crippen molar-refractivity contribution in [1.82, 2.24) is 4.57 Å². The van der Waals surface area contributed by atoms with Crippen LogP contribution in [0.1, 0.15) is 29.3 Å². The molecular formula is C15H23NO2Si. The minimum Gasteiger partial charge on any atom is -0.462 e. The van der Waals surface area contributed by atoms with Gasteiger partial charge in [-0.15, -0.1) is 0 Å². The molecule has 1 aliphatic rings. The van der Waals surface area contributed by atoms with Crippen LogP contribution in [0.25, 0.3) is 0 Å². The first-order chi connectivity index (χ1) is 9.04. The molecule has 1 saturated heterocycles. The Morgan fingerprint density at radius 3 is 2.74 bits per heavy atom. The Morgan fingerprint density at radius 2 is 2.11 bits per heavy atom. The summed E-state index contributed by atoms with van der Waals surface area (Å²) < 4.78 is 7.73. The summed E-state index contributed by atoms with van der Waals surface area (Å²) in [7, 11) is -1.25. The highest BCUT2D eigenvalue weighted by molar-refractivity contribution is 6.75. The van der Waals surface area contributed by atoms with Crippen LogP contribution >= 0.6 is 0 Å². The van der Waals surface area contributed by atoms with Crippen LogP contribution in [0.15, 0.2) is 24.3 Å². The lowest BCUT2D eigenvalue weighted by molar-refractivity contribution is 0.0524. The van der Waals surface area contributed by atoms with Gasteiger partial charge in [-0.3, -0.25) is 0 Å². The Labute approximate surface area is 116 Å². The highest BCUT2D eigenvalue weighted by Gasteiger charge is 2.34. The second-order valence-corrected chi connectivity index (χ2v) is 10.5. The third kappa shape index (κ3) is 3.25. The van der Waals surface area contributed by atoms with E-state index < -0.39 is 8.24 Å². The first-order valence-corrected chi connectivity index (χ1v) is 10.2. The third-order valence-electron chi connectivity index (χ3n) is 3.95. The van der Waals surface area contributed by atoms with Crippen LogP contribution in [0.4, 0.5) is 0 Å². The second-order valence-electron chi connectivity index (χ2n) is 5.72. The molecule has 0 N–H and O–H groups in total. The van der Waals surface area contributed by atoms with Gasteiger partial charge in [0, 0.05) is 6.54 Å². The maximum absolute atomic E-state index is 12.0. The Kier molecular flexibility index (Phi) is 4.42. The number of nitrogens with zero attached hydrogens (tertiary/aromatic N) is 1. The van der Waals surface area contributed by atoms with E-state index in [4.69, 9.17) is 4.74 Å². The van der Waals surface area contributed by atoms with Crippen molar-refractivity contribution >= 4 is 14.2 Å². The molecule has 0 bridgehead atoms. The van der Waals surface area contributed by atoms with Gasteiger partial charge in [0.1, 0.15) is 8.24 Å². The highest BCUT2D eigenvalue weighted by Crippen LogP contribution is 2.28. The summed E-state index contributed by atoms with van der Waals surface area (Å²) >= 11 is 0. The van der Waals surface area contributed by atoms with E-state index in [0.717, 1.165) is 24.2 Å². The van der Waals surface area contributed by atoms with E-state index >= 15 is 0 Å². The molecule has 1 aromatic rings.